The summed E-state index contributed by atoms with van der Waals surface area (Å²) in [4.78, 5) is 27.8. The molecule has 1 amide bonds. The summed E-state index contributed by atoms with van der Waals surface area (Å²) in [6, 6.07) is 4.39. The molecule has 0 saturated carbocycles. The van der Waals surface area contributed by atoms with Crippen molar-refractivity contribution in [3.63, 3.8) is 0 Å². The zero-order valence-corrected chi connectivity index (χ0v) is 24.3. The minimum Gasteiger partial charge on any atom is -0.483 e. The molecule has 10 nitrogen and oxygen atoms in total. The van der Waals surface area contributed by atoms with Crippen molar-refractivity contribution in [3.05, 3.63) is 35.2 Å². The van der Waals surface area contributed by atoms with Crippen LogP contribution in [0.2, 0.25) is 0 Å². The standard InChI is InChI=1S/C29H36N6O4S/c1-5-6-24(36)34-8-7-29(4,17-34)35-15-22(16-35)21-13-19(2)26-23(14-21)32-27-25(20(3)39-26)28(31-18-30-27)33-9-11-40(37,38)12-10-33/h13-14,18,20,22H,7-12,15-17H2,1-4H3,(H,30,31,32)/t20-,29?/m1/s1. The van der Waals surface area contributed by atoms with Gasteiger partial charge in [0.05, 0.1) is 22.8 Å². The van der Waals surface area contributed by atoms with Gasteiger partial charge in [-0.05, 0) is 57.2 Å². The zero-order chi connectivity index (χ0) is 28.2. The van der Waals surface area contributed by atoms with E-state index in [-0.39, 0.29) is 29.1 Å². The van der Waals surface area contributed by atoms with Crippen LogP contribution in [0.1, 0.15) is 55.9 Å². The van der Waals surface area contributed by atoms with E-state index in [0.29, 0.717) is 31.4 Å². The van der Waals surface area contributed by atoms with Gasteiger partial charge in [0.2, 0.25) is 0 Å². The number of hydrogen-bond donors (Lipinski definition) is 1. The summed E-state index contributed by atoms with van der Waals surface area (Å²) in [6.45, 7) is 12.2. The Bertz CT molecular complexity index is 1510. The first-order valence-electron chi connectivity index (χ1n) is 13.9. The van der Waals surface area contributed by atoms with Crippen LogP contribution < -0.4 is 15.0 Å². The zero-order valence-electron chi connectivity index (χ0n) is 23.5. The molecule has 11 heteroatoms. The summed E-state index contributed by atoms with van der Waals surface area (Å²) < 4.78 is 30.5. The molecule has 1 aromatic heterocycles. The molecule has 3 fully saturated rings. The number of amides is 1. The Morgan fingerprint density at radius 1 is 1.18 bits per heavy atom. The van der Waals surface area contributed by atoms with Gasteiger partial charge in [0.25, 0.3) is 5.91 Å². The molecule has 2 aromatic rings. The first-order chi connectivity index (χ1) is 19.1. The number of nitrogens with one attached hydrogen (secondary N) is 1. The second kappa shape index (κ2) is 9.93. The minimum atomic E-state index is -3.01. The predicted octanol–water partition coefficient (Wildman–Crippen LogP) is 2.63. The second-order valence-electron chi connectivity index (χ2n) is 11.6. The number of fused-ring (bicyclic) bond motifs is 2. The van der Waals surface area contributed by atoms with Crippen molar-refractivity contribution in [2.75, 3.05) is 61.0 Å². The lowest BCUT2D eigenvalue weighted by atomic mass is 9.84. The van der Waals surface area contributed by atoms with Gasteiger partial charge in [0, 0.05) is 50.7 Å². The molecule has 1 unspecified atom stereocenters. The SMILES string of the molecule is CC#CC(=O)N1CCC(C)(N2CC(c3cc(C)c4c(c3)Nc3ncnc(N5CCS(=O)(=O)CC5)c3[C@@H](C)O4)C2)C1. The molecule has 6 rings (SSSR count). The molecule has 212 valence electrons. The number of carbonyl (C=O) groups is 1. The van der Waals surface area contributed by atoms with Crippen LogP contribution in [0.3, 0.4) is 0 Å². The average Bonchev–Trinajstić information content (AvgIpc) is 3.20. The largest absolute Gasteiger partial charge is 0.483 e. The molecule has 40 heavy (non-hydrogen) atoms. The average molecular weight is 565 g/mol. The van der Waals surface area contributed by atoms with Gasteiger partial charge in [-0.25, -0.2) is 18.4 Å². The van der Waals surface area contributed by atoms with Crippen molar-refractivity contribution in [2.45, 2.75) is 51.7 Å². The van der Waals surface area contributed by atoms with Crippen LogP contribution in [0.4, 0.5) is 17.3 Å². The van der Waals surface area contributed by atoms with E-state index in [1.807, 2.05) is 16.7 Å². The Morgan fingerprint density at radius 2 is 1.93 bits per heavy atom. The first-order valence-corrected chi connectivity index (χ1v) is 15.7. The third-order valence-electron chi connectivity index (χ3n) is 8.85. The van der Waals surface area contributed by atoms with E-state index in [0.717, 1.165) is 54.4 Å². The highest BCUT2D eigenvalue weighted by Crippen LogP contribution is 2.45. The Hall–Kier alpha value is -3.36. The number of sulfone groups is 1. The minimum absolute atomic E-state index is 0.0286. The van der Waals surface area contributed by atoms with Crippen LogP contribution >= 0.6 is 0 Å². The van der Waals surface area contributed by atoms with E-state index in [1.54, 1.807) is 6.92 Å². The molecule has 0 aliphatic carbocycles. The van der Waals surface area contributed by atoms with Crippen molar-refractivity contribution >= 4 is 33.1 Å². The Kier molecular flexibility index (Phi) is 6.66. The van der Waals surface area contributed by atoms with Gasteiger partial charge < -0.3 is 19.9 Å². The maximum atomic E-state index is 12.3. The second-order valence-corrected chi connectivity index (χ2v) is 14.0. The molecule has 0 spiro atoms. The summed E-state index contributed by atoms with van der Waals surface area (Å²) in [7, 11) is -3.01. The fourth-order valence-electron chi connectivity index (χ4n) is 6.38. The number of likely N-dealkylation sites (tertiary alicyclic amines) is 2. The van der Waals surface area contributed by atoms with Gasteiger partial charge in [0.1, 0.15) is 29.8 Å². The molecule has 2 atom stereocenters. The number of ether oxygens (including phenoxy) is 1. The van der Waals surface area contributed by atoms with Gasteiger partial charge in [0.15, 0.2) is 9.84 Å². The van der Waals surface area contributed by atoms with Crippen LogP contribution in [-0.4, -0.2) is 90.4 Å². The molecule has 0 radical (unpaired) electrons. The number of hydrogen-bond acceptors (Lipinski definition) is 9. The normalized spacial score (nSPS) is 25.9. The van der Waals surface area contributed by atoms with Crippen LogP contribution in [0.5, 0.6) is 5.75 Å². The lowest BCUT2D eigenvalue weighted by Gasteiger charge is -2.49. The quantitative estimate of drug-likeness (QED) is 0.563. The molecule has 4 aliphatic rings. The van der Waals surface area contributed by atoms with Gasteiger partial charge >= 0.3 is 0 Å². The van der Waals surface area contributed by atoms with Crippen LogP contribution in [-0.2, 0) is 14.6 Å². The third-order valence-corrected chi connectivity index (χ3v) is 10.5. The highest BCUT2D eigenvalue weighted by Gasteiger charge is 2.46. The molecule has 0 bridgehead atoms. The molecule has 1 aromatic carbocycles. The highest BCUT2D eigenvalue weighted by molar-refractivity contribution is 7.91. The summed E-state index contributed by atoms with van der Waals surface area (Å²) in [5.41, 5.74) is 4.00. The summed E-state index contributed by atoms with van der Waals surface area (Å²) in [5, 5.41) is 3.53. The number of rotatable bonds is 3. The molecule has 5 heterocycles. The van der Waals surface area contributed by atoms with Gasteiger partial charge in [-0.1, -0.05) is 12.0 Å². The fraction of sp³-hybridized carbons (Fsp3) is 0.552. The van der Waals surface area contributed by atoms with Crippen LogP contribution in [0.25, 0.3) is 0 Å². The number of aromatic nitrogens is 2. The maximum Gasteiger partial charge on any atom is 0.298 e. The van der Waals surface area contributed by atoms with Gasteiger partial charge in [-0.15, -0.1) is 0 Å². The van der Waals surface area contributed by atoms with E-state index in [4.69, 9.17) is 4.74 Å². The van der Waals surface area contributed by atoms with Crippen LogP contribution in [0.15, 0.2) is 18.5 Å². The van der Waals surface area contributed by atoms with Crippen molar-refractivity contribution in [3.8, 4) is 17.6 Å². The summed E-state index contributed by atoms with van der Waals surface area (Å²) in [6.07, 6.45) is 2.17. The van der Waals surface area contributed by atoms with Crippen molar-refractivity contribution < 1.29 is 17.9 Å². The van der Waals surface area contributed by atoms with Crippen LogP contribution in [0, 0.1) is 18.8 Å². The molecule has 3 saturated heterocycles. The number of carbonyl (C=O) groups excluding carboxylic acids is 1. The molecular weight excluding hydrogens is 528 g/mol. The fourth-order valence-corrected chi connectivity index (χ4v) is 7.58. The van der Waals surface area contributed by atoms with E-state index in [1.165, 1.54) is 11.9 Å². The Balaban J connectivity index is 1.21. The number of benzene rings is 1. The number of nitrogens with zero attached hydrogens (tertiary/aromatic N) is 5. The molecular formula is C29H36N6O4S. The Labute approximate surface area is 236 Å². The van der Waals surface area contributed by atoms with Crippen molar-refractivity contribution in [1.82, 2.24) is 19.8 Å². The van der Waals surface area contributed by atoms with Gasteiger partial charge in [-0.2, -0.15) is 0 Å². The number of aryl methyl sites for hydroxylation is 1. The lowest BCUT2D eigenvalue weighted by molar-refractivity contribution is -0.124. The first kappa shape index (κ1) is 26.8. The number of anilines is 3. The highest BCUT2D eigenvalue weighted by atomic mass is 32.2. The predicted molar refractivity (Wildman–Crippen MR) is 154 cm³/mol. The molecule has 4 aliphatic heterocycles. The van der Waals surface area contributed by atoms with Crippen molar-refractivity contribution in [1.29, 1.82) is 0 Å². The Morgan fingerprint density at radius 3 is 2.65 bits per heavy atom. The lowest BCUT2D eigenvalue weighted by Crippen LogP contribution is -2.58. The molecule has 1 N–H and O–H groups in total. The third kappa shape index (κ3) is 4.77. The van der Waals surface area contributed by atoms with Gasteiger partial charge in [-0.3, -0.25) is 9.69 Å². The maximum absolute atomic E-state index is 12.3. The van der Waals surface area contributed by atoms with Crippen molar-refractivity contribution in [2.24, 2.45) is 0 Å². The smallest absolute Gasteiger partial charge is 0.298 e. The topological polar surface area (TPSA) is 108 Å². The van der Waals surface area contributed by atoms with E-state index >= 15 is 0 Å². The van der Waals surface area contributed by atoms with E-state index in [2.05, 4.69) is 58.0 Å². The summed E-state index contributed by atoms with van der Waals surface area (Å²) >= 11 is 0. The van der Waals surface area contributed by atoms with E-state index in [9.17, 15) is 13.2 Å². The van der Waals surface area contributed by atoms with E-state index < -0.39 is 9.84 Å². The summed E-state index contributed by atoms with van der Waals surface area (Å²) in [5.74, 6) is 8.16. The monoisotopic (exact) mass is 564 g/mol.